The zero-order chi connectivity index (χ0) is 17.2. The highest BCUT2D eigenvalue weighted by atomic mass is 16.5. The van der Waals surface area contributed by atoms with Gasteiger partial charge in [-0.3, -0.25) is 9.69 Å². The van der Waals surface area contributed by atoms with Crippen LogP contribution in [0.3, 0.4) is 0 Å². The Bertz CT molecular complexity index is 733. The van der Waals surface area contributed by atoms with Crippen LogP contribution in [0.1, 0.15) is 19.3 Å². The van der Waals surface area contributed by atoms with E-state index in [1.807, 2.05) is 23.2 Å². The molecule has 0 radical (unpaired) electrons. The summed E-state index contributed by atoms with van der Waals surface area (Å²) in [5.41, 5.74) is 1.13. The summed E-state index contributed by atoms with van der Waals surface area (Å²) in [6, 6.07) is 10.9. The molecule has 1 aromatic carbocycles. The van der Waals surface area contributed by atoms with Crippen molar-refractivity contribution in [2.45, 2.75) is 38.0 Å². The van der Waals surface area contributed by atoms with Crippen LogP contribution >= 0.6 is 0 Å². The quantitative estimate of drug-likeness (QED) is 0.857. The van der Waals surface area contributed by atoms with E-state index in [1.54, 1.807) is 7.11 Å². The normalized spacial score (nSPS) is 22.8. The van der Waals surface area contributed by atoms with Crippen molar-refractivity contribution in [1.29, 1.82) is 0 Å². The number of fused-ring (bicyclic) bond motifs is 1. The summed E-state index contributed by atoms with van der Waals surface area (Å²) in [5, 5.41) is 1.19. The molecule has 2 aliphatic heterocycles. The van der Waals surface area contributed by atoms with E-state index in [9.17, 15) is 4.79 Å². The lowest BCUT2D eigenvalue weighted by Gasteiger charge is -2.36. The van der Waals surface area contributed by atoms with E-state index in [2.05, 4.69) is 27.7 Å². The minimum atomic E-state index is 0.232. The molecule has 134 valence electrons. The Hall–Kier alpha value is -1.85. The number of amides is 1. The third-order valence-electron chi connectivity index (χ3n) is 5.83. The van der Waals surface area contributed by atoms with Gasteiger partial charge in [0.15, 0.2) is 0 Å². The molecule has 0 saturated carbocycles. The number of piperidine rings is 1. The van der Waals surface area contributed by atoms with Gasteiger partial charge in [-0.25, -0.2) is 0 Å². The van der Waals surface area contributed by atoms with Gasteiger partial charge in [-0.2, -0.15) is 0 Å². The van der Waals surface area contributed by atoms with Crippen molar-refractivity contribution < 1.29 is 9.53 Å². The highest BCUT2D eigenvalue weighted by Gasteiger charge is 2.31. The molecular weight excluding hydrogens is 314 g/mol. The first-order chi connectivity index (χ1) is 12.2. The minimum absolute atomic E-state index is 0.232. The van der Waals surface area contributed by atoms with Crippen LogP contribution in [0.15, 0.2) is 36.5 Å². The highest BCUT2D eigenvalue weighted by molar-refractivity contribution is 5.83. The van der Waals surface area contributed by atoms with Gasteiger partial charge >= 0.3 is 0 Å². The summed E-state index contributed by atoms with van der Waals surface area (Å²) >= 11 is 0. The zero-order valence-corrected chi connectivity index (χ0v) is 14.9. The molecule has 0 bridgehead atoms. The Morgan fingerprint density at radius 2 is 1.92 bits per heavy atom. The van der Waals surface area contributed by atoms with Gasteiger partial charge in [0, 0.05) is 51.0 Å². The average molecular weight is 341 g/mol. The number of rotatable bonds is 4. The van der Waals surface area contributed by atoms with Gasteiger partial charge in [0.05, 0.1) is 6.10 Å². The lowest BCUT2D eigenvalue weighted by Crippen LogP contribution is -2.47. The van der Waals surface area contributed by atoms with Gasteiger partial charge in [-0.1, -0.05) is 18.2 Å². The summed E-state index contributed by atoms with van der Waals surface area (Å²) in [5.74, 6) is 0.232. The van der Waals surface area contributed by atoms with Crippen LogP contribution in [0.2, 0.25) is 0 Å². The molecule has 3 heterocycles. The second kappa shape index (κ2) is 7.18. The maximum atomic E-state index is 12.7. The molecule has 2 fully saturated rings. The number of likely N-dealkylation sites (tertiary alicyclic amines) is 2. The monoisotopic (exact) mass is 341 g/mol. The number of ether oxygens (including phenoxy) is 1. The van der Waals surface area contributed by atoms with Gasteiger partial charge in [0.1, 0.15) is 6.54 Å². The topological polar surface area (TPSA) is 37.7 Å². The molecule has 1 aromatic heterocycles. The van der Waals surface area contributed by atoms with E-state index in [0.717, 1.165) is 51.0 Å². The SMILES string of the molecule is COC1CCN(C2CCN(C(=O)Cn3ccc4ccccc43)CC2)C1. The summed E-state index contributed by atoms with van der Waals surface area (Å²) in [6.45, 7) is 4.36. The van der Waals surface area contributed by atoms with Crippen LogP contribution in [0.5, 0.6) is 0 Å². The maximum Gasteiger partial charge on any atom is 0.242 e. The molecule has 1 atom stereocenters. The van der Waals surface area contributed by atoms with E-state index in [0.29, 0.717) is 18.7 Å². The fourth-order valence-corrected chi connectivity index (χ4v) is 4.28. The molecule has 2 aromatic rings. The fraction of sp³-hybridized carbons (Fsp3) is 0.550. The first-order valence-corrected chi connectivity index (χ1v) is 9.33. The Balaban J connectivity index is 1.32. The molecule has 1 amide bonds. The molecule has 25 heavy (non-hydrogen) atoms. The number of hydrogen-bond acceptors (Lipinski definition) is 3. The second-order valence-electron chi connectivity index (χ2n) is 7.26. The number of carbonyl (C=O) groups is 1. The number of hydrogen-bond donors (Lipinski definition) is 0. The van der Waals surface area contributed by atoms with Crippen LogP contribution < -0.4 is 0 Å². The average Bonchev–Trinajstić information content (AvgIpc) is 3.29. The number of para-hydroxylation sites is 1. The number of benzene rings is 1. The second-order valence-corrected chi connectivity index (χ2v) is 7.26. The van der Waals surface area contributed by atoms with E-state index >= 15 is 0 Å². The van der Waals surface area contributed by atoms with Gasteiger partial charge in [-0.15, -0.1) is 0 Å². The van der Waals surface area contributed by atoms with E-state index in [1.165, 1.54) is 5.39 Å². The first kappa shape index (κ1) is 16.6. The molecule has 4 rings (SSSR count). The molecule has 0 spiro atoms. The Morgan fingerprint density at radius 3 is 2.68 bits per heavy atom. The standard InChI is InChI=1S/C20H27N3O2/c1-25-18-9-13-22(14-18)17-7-11-21(12-8-17)20(24)15-23-10-6-16-4-2-3-5-19(16)23/h2-6,10,17-18H,7-9,11-15H2,1H3. The maximum absolute atomic E-state index is 12.7. The van der Waals surface area contributed by atoms with Crippen molar-refractivity contribution in [3.05, 3.63) is 36.5 Å². The van der Waals surface area contributed by atoms with Crippen LogP contribution in [-0.4, -0.2) is 65.7 Å². The smallest absolute Gasteiger partial charge is 0.242 e. The van der Waals surface area contributed by atoms with E-state index < -0.39 is 0 Å². The number of carbonyl (C=O) groups excluding carboxylic acids is 1. The lowest BCUT2D eigenvalue weighted by atomic mass is 10.0. The third-order valence-corrected chi connectivity index (χ3v) is 5.83. The van der Waals surface area contributed by atoms with Crippen molar-refractivity contribution in [3.63, 3.8) is 0 Å². The fourth-order valence-electron chi connectivity index (χ4n) is 4.28. The molecule has 0 aliphatic carbocycles. The van der Waals surface area contributed by atoms with Crippen LogP contribution in [0.4, 0.5) is 0 Å². The molecule has 2 saturated heterocycles. The molecule has 5 nitrogen and oxygen atoms in total. The van der Waals surface area contributed by atoms with Gasteiger partial charge in [0.25, 0.3) is 0 Å². The minimum Gasteiger partial charge on any atom is -0.380 e. The molecule has 1 unspecified atom stereocenters. The number of aromatic nitrogens is 1. The molecule has 2 aliphatic rings. The molecule has 0 N–H and O–H groups in total. The Kier molecular flexibility index (Phi) is 4.77. The van der Waals surface area contributed by atoms with Crippen molar-refractivity contribution in [2.75, 3.05) is 33.3 Å². The van der Waals surface area contributed by atoms with Gasteiger partial charge in [-0.05, 0) is 36.8 Å². The van der Waals surface area contributed by atoms with Crippen molar-refractivity contribution >= 4 is 16.8 Å². The summed E-state index contributed by atoms with van der Waals surface area (Å²) in [7, 11) is 1.81. The number of methoxy groups -OCH3 is 1. The Labute approximate surface area is 149 Å². The van der Waals surface area contributed by atoms with E-state index in [-0.39, 0.29) is 5.91 Å². The number of nitrogens with zero attached hydrogens (tertiary/aromatic N) is 3. The van der Waals surface area contributed by atoms with Crippen molar-refractivity contribution in [1.82, 2.24) is 14.4 Å². The largest absolute Gasteiger partial charge is 0.380 e. The predicted octanol–water partition coefficient (Wildman–Crippen LogP) is 2.35. The summed E-state index contributed by atoms with van der Waals surface area (Å²) < 4.78 is 7.54. The molecular formula is C20H27N3O2. The third kappa shape index (κ3) is 3.44. The summed E-state index contributed by atoms with van der Waals surface area (Å²) in [4.78, 5) is 17.3. The van der Waals surface area contributed by atoms with Crippen molar-refractivity contribution in [3.8, 4) is 0 Å². The first-order valence-electron chi connectivity index (χ1n) is 9.33. The van der Waals surface area contributed by atoms with E-state index in [4.69, 9.17) is 4.74 Å². The van der Waals surface area contributed by atoms with Crippen LogP contribution in [0, 0.1) is 0 Å². The van der Waals surface area contributed by atoms with Crippen molar-refractivity contribution in [2.24, 2.45) is 0 Å². The Morgan fingerprint density at radius 1 is 1.12 bits per heavy atom. The zero-order valence-electron chi connectivity index (χ0n) is 14.9. The predicted molar refractivity (Wildman–Crippen MR) is 98.5 cm³/mol. The van der Waals surface area contributed by atoms with Crippen LogP contribution in [-0.2, 0) is 16.1 Å². The van der Waals surface area contributed by atoms with Gasteiger partial charge in [0.2, 0.25) is 5.91 Å². The molecule has 5 heteroatoms. The van der Waals surface area contributed by atoms with Crippen LogP contribution in [0.25, 0.3) is 10.9 Å². The highest BCUT2D eigenvalue weighted by Crippen LogP contribution is 2.23. The van der Waals surface area contributed by atoms with Gasteiger partial charge < -0.3 is 14.2 Å². The lowest BCUT2D eigenvalue weighted by molar-refractivity contribution is -0.133. The summed E-state index contributed by atoms with van der Waals surface area (Å²) in [6.07, 6.45) is 5.70.